The topological polar surface area (TPSA) is 46.2 Å². The number of benzene rings is 6. The predicted octanol–water partition coefficient (Wildman–Crippen LogP) is 7.51. The number of hydrogen-bond acceptors (Lipinski definition) is 5. The van der Waals surface area contributed by atoms with Crippen molar-refractivity contribution >= 4 is 46.2 Å². The van der Waals surface area contributed by atoms with Crippen molar-refractivity contribution < 1.29 is 23.7 Å². The second kappa shape index (κ2) is 9.61. The summed E-state index contributed by atoms with van der Waals surface area (Å²) in [7, 11) is 0. The van der Waals surface area contributed by atoms with E-state index in [2.05, 4.69) is 114 Å². The SMILES string of the molecule is CC(C)(C)c1cc2c3c(c1)Oc1c(cccc1-c1ccc4c5c1Oc1cc(C(C)(C)C)cc6c1B5c1c(cccc1O4)O6)B3c1ccccc1O2. The summed E-state index contributed by atoms with van der Waals surface area (Å²) in [5.41, 5.74) is 10.5. The molecule has 6 aromatic carbocycles. The molecule has 51 heavy (non-hydrogen) atoms. The molecule has 0 spiro atoms. The minimum absolute atomic E-state index is 0.0431. The van der Waals surface area contributed by atoms with Gasteiger partial charge in [0.1, 0.15) is 57.5 Å². The van der Waals surface area contributed by atoms with E-state index in [1.165, 1.54) is 0 Å². The van der Waals surface area contributed by atoms with E-state index in [1.54, 1.807) is 0 Å². The molecule has 5 heterocycles. The molecule has 0 saturated heterocycles. The first-order chi connectivity index (χ1) is 24.5. The van der Waals surface area contributed by atoms with E-state index < -0.39 is 0 Å². The summed E-state index contributed by atoms with van der Waals surface area (Å²) in [6.07, 6.45) is 0. The Morgan fingerprint density at radius 1 is 0.373 bits per heavy atom. The summed E-state index contributed by atoms with van der Waals surface area (Å²) in [5, 5.41) is 0. The summed E-state index contributed by atoms with van der Waals surface area (Å²) in [5.74, 6) is 8.32. The van der Waals surface area contributed by atoms with Crippen molar-refractivity contribution in [3.05, 3.63) is 108 Å². The number of rotatable bonds is 1. The molecule has 6 aromatic rings. The van der Waals surface area contributed by atoms with Gasteiger partial charge >= 0.3 is 0 Å². The summed E-state index contributed by atoms with van der Waals surface area (Å²) in [4.78, 5) is 0. The van der Waals surface area contributed by atoms with Crippen molar-refractivity contribution in [1.82, 2.24) is 0 Å². The minimum atomic E-state index is -0.106. The third-order valence-electron chi connectivity index (χ3n) is 11.2. The lowest BCUT2D eigenvalue weighted by atomic mass is 9.33. The highest BCUT2D eigenvalue weighted by molar-refractivity contribution is 7.00. The lowest BCUT2D eigenvalue weighted by Gasteiger charge is -2.39. The van der Waals surface area contributed by atoms with Crippen LogP contribution in [0.15, 0.2) is 97.1 Å². The lowest BCUT2D eigenvalue weighted by molar-refractivity contribution is 0.439. The summed E-state index contributed by atoms with van der Waals surface area (Å²) in [6.45, 7) is 13.2. The molecule has 0 atom stereocenters. The predicted molar refractivity (Wildman–Crippen MR) is 205 cm³/mol. The fourth-order valence-electron chi connectivity index (χ4n) is 8.63. The van der Waals surface area contributed by atoms with Gasteiger partial charge in [0.15, 0.2) is 0 Å². The van der Waals surface area contributed by atoms with Crippen LogP contribution >= 0.6 is 0 Å². The molecule has 0 radical (unpaired) electrons. The standard InChI is InChI=1S/C44H34B2O5/c1-43(2,3)23-19-33-38-35(21-23)50-41-25(11-9-13-28(41)45(38)27-12-7-8-14-29(27)47-33)26-17-18-32-40-42(26)51-36-22-24(44(4,5)6)20-34-39(36)46(40)37-30(48-32)15-10-16-31(37)49-34/h7-22H,1-6H3. The maximum absolute atomic E-state index is 7.10. The van der Waals surface area contributed by atoms with E-state index in [9.17, 15) is 0 Å². The third-order valence-corrected chi connectivity index (χ3v) is 11.2. The molecule has 246 valence electrons. The summed E-state index contributed by atoms with van der Waals surface area (Å²) < 4.78 is 34.0. The van der Waals surface area contributed by atoms with Crippen LogP contribution in [0.25, 0.3) is 11.1 Å². The highest BCUT2D eigenvalue weighted by Crippen LogP contribution is 2.49. The van der Waals surface area contributed by atoms with Gasteiger partial charge in [-0.05, 0) is 87.5 Å². The van der Waals surface area contributed by atoms with E-state index in [4.69, 9.17) is 23.7 Å². The van der Waals surface area contributed by atoms with Gasteiger partial charge in [-0.1, -0.05) is 84.0 Å². The molecular formula is C44H34B2O5. The average molecular weight is 664 g/mol. The Bertz CT molecular complexity index is 2560. The Morgan fingerprint density at radius 3 is 1.53 bits per heavy atom. The van der Waals surface area contributed by atoms with Gasteiger partial charge < -0.3 is 23.7 Å². The number of ether oxygens (including phenoxy) is 5. The Labute approximate surface area is 298 Å². The van der Waals surface area contributed by atoms with E-state index in [-0.39, 0.29) is 24.3 Å². The van der Waals surface area contributed by atoms with Crippen LogP contribution in [0.1, 0.15) is 52.7 Å². The van der Waals surface area contributed by atoms with Gasteiger partial charge in [0.2, 0.25) is 0 Å². The van der Waals surface area contributed by atoms with Gasteiger partial charge in [0.05, 0.1) is 0 Å². The molecule has 0 amide bonds. The van der Waals surface area contributed by atoms with Gasteiger partial charge in [-0.3, -0.25) is 0 Å². The van der Waals surface area contributed by atoms with Crippen LogP contribution in [0.5, 0.6) is 57.5 Å². The van der Waals surface area contributed by atoms with Crippen LogP contribution in [0.3, 0.4) is 0 Å². The number of fused-ring (bicyclic) bond motifs is 4. The van der Waals surface area contributed by atoms with Crippen molar-refractivity contribution in [2.24, 2.45) is 0 Å². The number of para-hydroxylation sites is 2. The van der Waals surface area contributed by atoms with Crippen LogP contribution in [0.4, 0.5) is 0 Å². The Hall–Kier alpha value is -5.55. The maximum atomic E-state index is 7.10. The largest absolute Gasteiger partial charge is 0.458 e. The van der Waals surface area contributed by atoms with E-state index in [0.717, 1.165) is 113 Å². The molecule has 5 aliphatic heterocycles. The van der Waals surface area contributed by atoms with Gasteiger partial charge in [-0.15, -0.1) is 0 Å². The normalized spacial score (nSPS) is 14.8. The van der Waals surface area contributed by atoms with Crippen molar-refractivity contribution in [2.75, 3.05) is 0 Å². The van der Waals surface area contributed by atoms with Crippen molar-refractivity contribution in [1.29, 1.82) is 0 Å². The highest BCUT2D eigenvalue weighted by atomic mass is 16.5. The van der Waals surface area contributed by atoms with Crippen LogP contribution in [0, 0.1) is 0 Å². The molecular weight excluding hydrogens is 630 g/mol. The molecule has 5 nitrogen and oxygen atoms in total. The Morgan fingerprint density at radius 2 is 0.843 bits per heavy atom. The second-order valence-electron chi connectivity index (χ2n) is 16.4. The fraction of sp³-hybridized carbons (Fsp3) is 0.182. The van der Waals surface area contributed by atoms with Gasteiger partial charge in [-0.2, -0.15) is 0 Å². The first-order valence-corrected chi connectivity index (χ1v) is 17.8. The van der Waals surface area contributed by atoms with Crippen molar-refractivity contribution in [3.63, 3.8) is 0 Å². The molecule has 0 N–H and O–H groups in total. The van der Waals surface area contributed by atoms with Crippen LogP contribution < -0.4 is 56.5 Å². The first-order valence-electron chi connectivity index (χ1n) is 17.8. The van der Waals surface area contributed by atoms with Crippen LogP contribution in [0.2, 0.25) is 0 Å². The zero-order valence-electron chi connectivity index (χ0n) is 29.4. The molecule has 0 aliphatic carbocycles. The fourth-order valence-corrected chi connectivity index (χ4v) is 8.63. The van der Waals surface area contributed by atoms with Gasteiger partial charge in [-0.25, -0.2) is 0 Å². The van der Waals surface area contributed by atoms with E-state index >= 15 is 0 Å². The second-order valence-corrected chi connectivity index (χ2v) is 16.4. The molecule has 0 bridgehead atoms. The van der Waals surface area contributed by atoms with E-state index in [0.29, 0.717) is 0 Å². The molecule has 5 aliphatic rings. The minimum Gasteiger partial charge on any atom is -0.458 e. The maximum Gasteiger partial charge on any atom is 0.270 e. The molecule has 0 saturated carbocycles. The smallest absolute Gasteiger partial charge is 0.270 e. The van der Waals surface area contributed by atoms with Gasteiger partial charge in [0.25, 0.3) is 13.4 Å². The average Bonchev–Trinajstić information content (AvgIpc) is 3.10. The lowest BCUT2D eigenvalue weighted by Crippen LogP contribution is -2.60. The Balaban J connectivity index is 1.16. The third kappa shape index (κ3) is 3.95. The molecule has 7 heteroatoms. The van der Waals surface area contributed by atoms with Crippen LogP contribution in [-0.4, -0.2) is 13.4 Å². The molecule has 0 fully saturated rings. The monoisotopic (exact) mass is 664 g/mol. The molecule has 11 rings (SSSR count). The molecule has 0 unspecified atom stereocenters. The van der Waals surface area contributed by atoms with Crippen molar-refractivity contribution in [2.45, 2.75) is 52.4 Å². The highest BCUT2D eigenvalue weighted by Gasteiger charge is 2.48. The Kier molecular flexibility index (Phi) is 5.50. The zero-order valence-corrected chi connectivity index (χ0v) is 29.4. The van der Waals surface area contributed by atoms with Gasteiger partial charge in [0, 0.05) is 33.0 Å². The van der Waals surface area contributed by atoms with Crippen molar-refractivity contribution in [3.8, 4) is 68.6 Å². The zero-order chi connectivity index (χ0) is 34.6. The molecule has 0 aromatic heterocycles. The summed E-state index contributed by atoms with van der Waals surface area (Å²) >= 11 is 0. The van der Waals surface area contributed by atoms with E-state index in [1.807, 2.05) is 24.3 Å². The van der Waals surface area contributed by atoms with Crippen LogP contribution in [-0.2, 0) is 10.8 Å². The quantitative estimate of drug-likeness (QED) is 0.170. The number of hydrogen-bond donors (Lipinski definition) is 0. The summed E-state index contributed by atoms with van der Waals surface area (Å²) in [6, 6.07) is 34.0. The first kappa shape index (κ1) is 29.2.